The van der Waals surface area contributed by atoms with Crippen molar-refractivity contribution in [2.75, 3.05) is 0 Å². The van der Waals surface area contributed by atoms with E-state index in [1.165, 1.54) is 4.88 Å². The lowest BCUT2D eigenvalue weighted by molar-refractivity contribution is -0.136. The maximum atomic E-state index is 12.3. The first-order valence-corrected chi connectivity index (χ1v) is 7.17. The number of hydrogen-bond donors (Lipinski definition) is 1. The summed E-state index contributed by atoms with van der Waals surface area (Å²) in [6.07, 6.45) is 0. The Kier molecular flexibility index (Phi) is 3.67. The minimum atomic E-state index is -0.424. The van der Waals surface area contributed by atoms with Gasteiger partial charge in [0.1, 0.15) is 0 Å². The summed E-state index contributed by atoms with van der Waals surface area (Å²) in [7, 11) is 0. The summed E-state index contributed by atoms with van der Waals surface area (Å²) in [5, 5.41) is 0.704. The van der Waals surface area contributed by atoms with E-state index < -0.39 is 11.8 Å². The molecule has 0 radical (unpaired) electrons. The van der Waals surface area contributed by atoms with E-state index in [1.807, 2.05) is 40.7 Å². The topological polar surface area (TPSA) is 63.4 Å². The number of nitrogens with two attached hydrogens (primary N) is 1. The van der Waals surface area contributed by atoms with Crippen molar-refractivity contribution in [2.45, 2.75) is 34.6 Å². The minimum Gasteiger partial charge on any atom is -0.267 e. The molecule has 0 saturated carbocycles. The molecular weight excluding hydrogens is 272 g/mol. The van der Waals surface area contributed by atoms with Crippen LogP contribution >= 0.6 is 11.3 Å². The number of allylic oxidation sites excluding steroid dienone is 2. The van der Waals surface area contributed by atoms with Crippen LogP contribution < -0.4 is 5.84 Å². The molecule has 1 aliphatic heterocycles. The molecule has 5 heteroatoms. The molecule has 0 bridgehead atoms. The van der Waals surface area contributed by atoms with Crippen molar-refractivity contribution >= 4 is 28.7 Å². The summed E-state index contributed by atoms with van der Waals surface area (Å²) in [6, 6.07) is 2.04. The quantitative estimate of drug-likeness (QED) is 0.374. The zero-order valence-electron chi connectivity index (χ0n) is 12.3. The highest BCUT2D eigenvalue weighted by molar-refractivity contribution is 7.12. The van der Waals surface area contributed by atoms with E-state index in [1.54, 1.807) is 11.3 Å². The van der Waals surface area contributed by atoms with Crippen LogP contribution in [-0.4, -0.2) is 16.8 Å². The fourth-order valence-corrected chi connectivity index (χ4v) is 3.48. The van der Waals surface area contributed by atoms with Crippen LogP contribution in [0.25, 0.3) is 5.57 Å². The van der Waals surface area contributed by atoms with Gasteiger partial charge in [0, 0.05) is 9.75 Å². The molecule has 1 aromatic rings. The highest BCUT2D eigenvalue weighted by Crippen LogP contribution is 2.35. The molecule has 106 valence electrons. The van der Waals surface area contributed by atoms with Crippen molar-refractivity contribution in [3.8, 4) is 0 Å². The fourth-order valence-electron chi connectivity index (χ4n) is 2.50. The molecule has 2 rings (SSSR count). The average molecular weight is 290 g/mol. The van der Waals surface area contributed by atoms with Crippen molar-refractivity contribution in [1.29, 1.82) is 0 Å². The lowest BCUT2D eigenvalue weighted by Crippen LogP contribution is -2.36. The normalized spacial score (nSPS) is 18.1. The Balaban J connectivity index is 2.73. The van der Waals surface area contributed by atoms with E-state index in [0.29, 0.717) is 16.2 Å². The third-order valence-corrected chi connectivity index (χ3v) is 4.40. The molecule has 0 spiro atoms. The molecule has 1 saturated heterocycles. The number of imide groups is 1. The van der Waals surface area contributed by atoms with Crippen LogP contribution in [0.2, 0.25) is 0 Å². The van der Waals surface area contributed by atoms with Crippen LogP contribution in [0.5, 0.6) is 0 Å². The highest BCUT2D eigenvalue weighted by Gasteiger charge is 2.39. The second-order valence-corrected chi connectivity index (χ2v) is 6.64. The number of aryl methyl sites for hydroxylation is 2. The van der Waals surface area contributed by atoms with Gasteiger partial charge in [0.15, 0.2) is 0 Å². The molecule has 4 nitrogen and oxygen atoms in total. The second kappa shape index (κ2) is 5.00. The molecule has 0 aromatic carbocycles. The first-order chi connectivity index (χ1) is 9.25. The van der Waals surface area contributed by atoms with E-state index >= 15 is 0 Å². The maximum Gasteiger partial charge on any atom is 0.276 e. The van der Waals surface area contributed by atoms with Crippen molar-refractivity contribution in [1.82, 2.24) is 5.01 Å². The summed E-state index contributed by atoms with van der Waals surface area (Å²) >= 11 is 1.68. The summed E-state index contributed by atoms with van der Waals surface area (Å²) in [5.41, 5.74) is 3.49. The Morgan fingerprint density at radius 1 is 1.10 bits per heavy atom. The number of rotatable bonds is 1. The first-order valence-electron chi connectivity index (χ1n) is 6.35. The van der Waals surface area contributed by atoms with Gasteiger partial charge < -0.3 is 0 Å². The number of carbonyl (C=O) groups is 2. The monoisotopic (exact) mass is 290 g/mol. The van der Waals surface area contributed by atoms with Crippen molar-refractivity contribution in [3.05, 3.63) is 38.1 Å². The Labute approximate surface area is 122 Å². The number of hydrogen-bond acceptors (Lipinski definition) is 4. The maximum absolute atomic E-state index is 12.3. The van der Waals surface area contributed by atoms with Crippen LogP contribution in [0, 0.1) is 13.8 Å². The molecule has 0 aliphatic carbocycles. The van der Waals surface area contributed by atoms with E-state index in [0.717, 1.165) is 21.6 Å². The highest BCUT2D eigenvalue weighted by atomic mass is 32.1. The first kappa shape index (κ1) is 14.7. The fraction of sp³-hybridized carbons (Fsp3) is 0.333. The number of amides is 2. The molecule has 2 N–H and O–H groups in total. The minimum absolute atomic E-state index is 0.422. The standard InChI is InChI=1S/C15H18N2O2S/c1-7(2)12-13(15(19)17(16)14(12)18)9(4)11-6-8(3)20-10(11)5/h6H,16H2,1-5H3/b13-9+. The molecule has 2 amide bonds. The Hall–Kier alpha value is -1.72. The number of hydrazine groups is 1. The van der Waals surface area contributed by atoms with Gasteiger partial charge in [-0.1, -0.05) is 5.57 Å². The van der Waals surface area contributed by atoms with Crippen molar-refractivity contribution in [3.63, 3.8) is 0 Å². The molecule has 0 atom stereocenters. The zero-order valence-corrected chi connectivity index (χ0v) is 13.1. The summed E-state index contributed by atoms with van der Waals surface area (Å²) in [4.78, 5) is 26.7. The van der Waals surface area contributed by atoms with Gasteiger partial charge in [-0.15, -0.1) is 11.3 Å². The number of thiophene rings is 1. The molecule has 1 aliphatic rings. The van der Waals surface area contributed by atoms with E-state index in [2.05, 4.69) is 0 Å². The molecule has 20 heavy (non-hydrogen) atoms. The third-order valence-electron chi connectivity index (χ3n) is 3.44. The summed E-state index contributed by atoms with van der Waals surface area (Å²) in [6.45, 7) is 9.55. The van der Waals surface area contributed by atoms with Gasteiger partial charge in [0.2, 0.25) is 0 Å². The van der Waals surface area contributed by atoms with Crippen molar-refractivity contribution in [2.24, 2.45) is 5.84 Å². The Morgan fingerprint density at radius 2 is 1.65 bits per heavy atom. The zero-order chi connectivity index (χ0) is 15.2. The lowest BCUT2D eigenvalue weighted by atomic mass is 9.95. The largest absolute Gasteiger partial charge is 0.276 e. The predicted octanol–water partition coefficient (Wildman–Crippen LogP) is 2.72. The van der Waals surface area contributed by atoms with Crippen LogP contribution in [0.1, 0.15) is 36.1 Å². The molecule has 0 unspecified atom stereocenters. The second-order valence-electron chi connectivity index (χ2n) is 5.18. The van der Waals surface area contributed by atoms with E-state index in [-0.39, 0.29) is 0 Å². The molecule has 2 heterocycles. The van der Waals surface area contributed by atoms with Gasteiger partial charge in [-0.25, -0.2) is 10.9 Å². The van der Waals surface area contributed by atoms with E-state index in [4.69, 9.17) is 5.84 Å². The van der Waals surface area contributed by atoms with Gasteiger partial charge >= 0.3 is 0 Å². The SMILES string of the molecule is CC(C)=C1C(=O)N(N)C(=O)/C1=C(\C)c1cc(C)sc1C. The Morgan fingerprint density at radius 3 is 2.10 bits per heavy atom. The van der Waals surface area contributed by atoms with Crippen LogP contribution in [0.3, 0.4) is 0 Å². The average Bonchev–Trinajstić information content (AvgIpc) is 2.80. The van der Waals surface area contributed by atoms with Crippen LogP contribution in [-0.2, 0) is 9.59 Å². The molecule has 1 fully saturated rings. The Bertz CT molecular complexity index is 676. The van der Waals surface area contributed by atoms with Gasteiger partial charge in [-0.05, 0) is 51.8 Å². The third kappa shape index (κ3) is 2.13. The lowest BCUT2D eigenvalue weighted by Gasteiger charge is -2.06. The van der Waals surface area contributed by atoms with E-state index in [9.17, 15) is 9.59 Å². The van der Waals surface area contributed by atoms with Gasteiger partial charge in [0.05, 0.1) is 11.1 Å². The summed E-state index contributed by atoms with van der Waals surface area (Å²) in [5.74, 6) is 4.72. The van der Waals surface area contributed by atoms with Gasteiger partial charge in [-0.2, -0.15) is 0 Å². The number of nitrogens with zero attached hydrogens (tertiary/aromatic N) is 1. The summed E-state index contributed by atoms with van der Waals surface area (Å²) < 4.78 is 0. The van der Waals surface area contributed by atoms with Gasteiger partial charge in [-0.3, -0.25) is 9.59 Å². The van der Waals surface area contributed by atoms with Crippen LogP contribution in [0.4, 0.5) is 0 Å². The van der Waals surface area contributed by atoms with Crippen LogP contribution in [0.15, 0.2) is 22.8 Å². The molecule has 1 aromatic heterocycles. The van der Waals surface area contributed by atoms with Gasteiger partial charge in [0.25, 0.3) is 11.8 Å². The van der Waals surface area contributed by atoms with Crippen molar-refractivity contribution < 1.29 is 9.59 Å². The smallest absolute Gasteiger partial charge is 0.267 e. The predicted molar refractivity (Wildman–Crippen MR) is 80.8 cm³/mol. The number of carbonyl (C=O) groups excluding carboxylic acids is 2. The molecular formula is C15H18N2O2S.